The Balaban J connectivity index is 3.59. The predicted octanol–water partition coefficient (Wildman–Crippen LogP) is 0.265. The topological polar surface area (TPSA) is 68.1 Å². The molecule has 0 radical (unpaired) electrons. The number of hydrogen-bond acceptors (Lipinski definition) is 5. The second-order valence-corrected chi connectivity index (χ2v) is 3.77. The molecule has 0 heterocycles. The van der Waals surface area contributed by atoms with Gasteiger partial charge in [0.2, 0.25) is 0 Å². The highest BCUT2D eigenvalue weighted by Gasteiger charge is 2.14. The van der Waals surface area contributed by atoms with E-state index in [1.807, 2.05) is 13.8 Å². The maximum Gasteiger partial charge on any atom is 0.293 e. The van der Waals surface area contributed by atoms with Crippen molar-refractivity contribution in [1.82, 2.24) is 0 Å². The molecule has 0 saturated carbocycles. The minimum absolute atomic E-state index is 0.0301. The number of carbonyl (C=O) groups is 1. The average molecular weight is 217 g/mol. The fraction of sp³-hybridized carbons (Fsp3) is 0.800. The molecule has 15 heavy (non-hydrogen) atoms. The molecule has 5 nitrogen and oxygen atoms in total. The van der Waals surface area contributed by atoms with Crippen molar-refractivity contribution in [2.45, 2.75) is 13.8 Å². The van der Waals surface area contributed by atoms with Gasteiger partial charge in [-0.15, -0.1) is 0 Å². The third-order valence-electron chi connectivity index (χ3n) is 1.56. The lowest BCUT2D eigenvalue weighted by molar-refractivity contribution is -0.130. The first-order valence-electron chi connectivity index (χ1n) is 4.87. The molecule has 0 fully saturated rings. The summed E-state index contributed by atoms with van der Waals surface area (Å²) in [6.07, 6.45) is 1.75. The summed E-state index contributed by atoms with van der Waals surface area (Å²) in [6, 6.07) is 0. The smallest absolute Gasteiger partial charge is 0.293 e. The van der Waals surface area contributed by atoms with Crippen molar-refractivity contribution < 1.29 is 19.4 Å². The standard InChI is InChI=1S/C10H19NO4/c1-10(2,8-15-9-13)7-11-3-5-14-6-4-12/h7,9,12H,3-6,8H2,1-2H3. The van der Waals surface area contributed by atoms with Gasteiger partial charge in [0, 0.05) is 11.6 Å². The molecule has 0 aliphatic heterocycles. The first-order chi connectivity index (χ1) is 7.12. The van der Waals surface area contributed by atoms with Gasteiger partial charge < -0.3 is 14.6 Å². The van der Waals surface area contributed by atoms with Crippen LogP contribution in [0.25, 0.3) is 0 Å². The van der Waals surface area contributed by atoms with Crippen LogP contribution in [0.2, 0.25) is 0 Å². The highest BCUT2D eigenvalue weighted by molar-refractivity contribution is 5.65. The molecule has 0 spiro atoms. The van der Waals surface area contributed by atoms with Crippen LogP contribution < -0.4 is 0 Å². The maximum atomic E-state index is 9.99. The molecule has 0 bridgehead atoms. The van der Waals surface area contributed by atoms with Gasteiger partial charge in [-0.25, -0.2) is 0 Å². The zero-order chi connectivity index (χ0) is 11.6. The zero-order valence-electron chi connectivity index (χ0n) is 9.31. The van der Waals surface area contributed by atoms with Crippen LogP contribution in [0, 0.1) is 5.41 Å². The van der Waals surface area contributed by atoms with Gasteiger partial charge in [-0.2, -0.15) is 0 Å². The van der Waals surface area contributed by atoms with E-state index in [1.165, 1.54) is 0 Å². The Morgan fingerprint density at radius 2 is 2.13 bits per heavy atom. The van der Waals surface area contributed by atoms with Crippen LogP contribution in [-0.2, 0) is 14.3 Å². The summed E-state index contributed by atoms with van der Waals surface area (Å²) in [4.78, 5) is 14.1. The lowest BCUT2D eigenvalue weighted by atomic mass is 9.97. The number of aliphatic hydroxyl groups is 1. The number of ether oxygens (including phenoxy) is 2. The van der Waals surface area contributed by atoms with Gasteiger partial charge in [0.05, 0.1) is 26.4 Å². The SMILES string of the molecule is CC(C)(C=NCCOCCO)COC=O. The molecule has 1 N–H and O–H groups in total. The maximum absolute atomic E-state index is 9.99. The van der Waals surface area contributed by atoms with Crippen molar-refractivity contribution in [1.29, 1.82) is 0 Å². The molecular weight excluding hydrogens is 198 g/mol. The first-order valence-corrected chi connectivity index (χ1v) is 4.87. The molecule has 5 heteroatoms. The fourth-order valence-electron chi connectivity index (χ4n) is 0.882. The van der Waals surface area contributed by atoms with E-state index in [2.05, 4.69) is 9.73 Å². The molecule has 0 aromatic heterocycles. The van der Waals surface area contributed by atoms with E-state index in [4.69, 9.17) is 9.84 Å². The molecular formula is C10H19NO4. The minimum Gasteiger partial charge on any atom is -0.467 e. The fourth-order valence-corrected chi connectivity index (χ4v) is 0.882. The van der Waals surface area contributed by atoms with Crippen molar-refractivity contribution in [3.05, 3.63) is 0 Å². The van der Waals surface area contributed by atoms with Crippen LogP contribution in [0.3, 0.4) is 0 Å². The highest BCUT2D eigenvalue weighted by atomic mass is 16.5. The number of aliphatic imine (C=N–C) groups is 1. The molecule has 0 aliphatic carbocycles. The minimum atomic E-state index is -0.252. The quantitative estimate of drug-likeness (QED) is 0.342. The summed E-state index contributed by atoms with van der Waals surface area (Å²) in [5, 5.41) is 8.44. The van der Waals surface area contributed by atoms with Crippen molar-refractivity contribution in [2.24, 2.45) is 10.4 Å². The summed E-state index contributed by atoms with van der Waals surface area (Å²) in [6.45, 7) is 6.00. The van der Waals surface area contributed by atoms with E-state index >= 15 is 0 Å². The molecule has 0 atom stereocenters. The van der Waals surface area contributed by atoms with E-state index in [0.29, 0.717) is 32.8 Å². The highest BCUT2D eigenvalue weighted by Crippen LogP contribution is 2.11. The van der Waals surface area contributed by atoms with Crippen LogP contribution >= 0.6 is 0 Å². The molecule has 0 unspecified atom stereocenters. The van der Waals surface area contributed by atoms with Crippen LogP contribution in [0.5, 0.6) is 0 Å². The second kappa shape index (κ2) is 8.38. The third kappa shape index (κ3) is 9.37. The molecule has 0 aliphatic rings. The van der Waals surface area contributed by atoms with Crippen molar-refractivity contribution in [3.63, 3.8) is 0 Å². The van der Waals surface area contributed by atoms with Crippen molar-refractivity contribution >= 4 is 12.7 Å². The Morgan fingerprint density at radius 1 is 1.40 bits per heavy atom. The summed E-state index contributed by atoms with van der Waals surface area (Å²) in [5.41, 5.74) is -0.252. The Kier molecular flexibility index (Phi) is 7.85. The van der Waals surface area contributed by atoms with E-state index in [-0.39, 0.29) is 12.0 Å². The lowest BCUT2D eigenvalue weighted by Gasteiger charge is -2.16. The lowest BCUT2D eigenvalue weighted by Crippen LogP contribution is -2.21. The summed E-state index contributed by atoms with van der Waals surface area (Å²) in [7, 11) is 0. The average Bonchev–Trinajstić information content (AvgIpc) is 2.20. The van der Waals surface area contributed by atoms with Gasteiger partial charge in [0.1, 0.15) is 6.61 Å². The molecule has 0 rings (SSSR count). The van der Waals surface area contributed by atoms with Gasteiger partial charge in [-0.3, -0.25) is 9.79 Å². The van der Waals surface area contributed by atoms with E-state index in [0.717, 1.165) is 0 Å². The van der Waals surface area contributed by atoms with Crippen molar-refractivity contribution in [2.75, 3.05) is 33.0 Å². The molecule has 0 amide bonds. The van der Waals surface area contributed by atoms with Crippen LogP contribution in [0.15, 0.2) is 4.99 Å². The Hall–Kier alpha value is -0.940. The Morgan fingerprint density at radius 3 is 2.73 bits per heavy atom. The number of hydrogen-bond donors (Lipinski definition) is 1. The van der Waals surface area contributed by atoms with Crippen molar-refractivity contribution in [3.8, 4) is 0 Å². The zero-order valence-corrected chi connectivity index (χ0v) is 9.31. The molecule has 0 saturated heterocycles. The number of carbonyl (C=O) groups excluding carboxylic acids is 1. The monoisotopic (exact) mass is 217 g/mol. The number of nitrogens with zero attached hydrogens (tertiary/aromatic N) is 1. The van der Waals surface area contributed by atoms with Gasteiger partial charge in [0.15, 0.2) is 0 Å². The van der Waals surface area contributed by atoms with E-state index in [1.54, 1.807) is 6.21 Å². The largest absolute Gasteiger partial charge is 0.467 e. The van der Waals surface area contributed by atoms with E-state index in [9.17, 15) is 4.79 Å². The summed E-state index contributed by atoms with van der Waals surface area (Å²) >= 11 is 0. The normalized spacial score (nSPS) is 11.9. The predicted molar refractivity (Wildman–Crippen MR) is 57.1 cm³/mol. The van der Waals surface area contributed by atoms with Gasteiger partial charge in [0.25, 0.3) is 6.47 Å². The molecule has 88 valence electrons. The van der Waals surface area contributed by atoms with Crippen LogP contribution in [-0.4, -0.2) is 50.8 Å². The molecule has 0 aromatic carbocycles. The van der Waals surface area contributed by atoms with Gasteiger partial charge in [-0.05, 0) is 0 Å². The number of aliphatic hydroxyl groups excluding tert-OH is 1. The van der Waals surface area contributed by atoms with Crippen LogP contribution in [0.4, 0.5) is 0 Å². The number of rotatable bonds is 9. The molecule has 0 aromatic rings. The van der Waals surface area contributed by atoms with Gasteiger partial charge >= 0.3 is 0 Å². The third-order valence-corrected chi connectivity index (χ3v) is 1.56. The second-order valence-electron chi connectivity index (χ2n) is 3.77. The summed E-state index contributed by atoms with van der Waals surface area (Å²) < 4.78 is 9.69. The Bertz CT molecular complexity index is 192. The summed E-state index contributed by atoms with van der Waals surface area (Å²) in [5.74, 6) is 0. The first kappa shape index (κ1) is 14.1. The Labute approximate surface area is 90.1 Å². The van der Waals surface area contributed by atoms with E-state index < -0.39 is 0 Å². The van der Waals surface area contributed by atoms with Crippen LogP contribution in [0.1, 0.15) is 13.8 Å². The van der Waals surface area contributed by atoms with Gasteiger partial charge in [-0.1, -0.05) is 13.8 Å².